The van der Waals surface area contributed by atoms with E-state index in [1.54, 1.807) is 66.7 Å². The highest BCUT2D eigenvalue weighted by molar-refractivity contribution is 6.37. The van der Waals surface area contributed by atoms with Crippen molar-refractivity contribution < 1.29 is 27.9 Å². The molecule has 0 saturated carbocycles. The molecular weight excluding hydrogens is 652 g/mol. The average Bonchev–Trinajstić information content (AvgIpc) is 3.20. The first-order chi connectivity index (χ1) is 21.4. The van der Waals surface area contributed by atoms with Crippen molar-refractivity contribution in [3.05, 3.63) is 128 Å². The molecule has 0 radical (unpaired) electrons. The lowest BCUT2D eigenvalue weighted by Crippen LogP contribution is -2.40. The van der Waals surface area contributed by atoms with E-state index >= 15 is 0 Å². The molecular formula is C32H22Cl3F3N4O3. The Labute approximate surface area is 270 Å². The molecule has 230 valence electrons. The molecule has 2 aliphatic heterocycles. The van der Waals surface area contributed by atoms with E-state index in [1.807, 2.05) is 6.07 Å². The van der Waals surface area contributed by atoms with Crippen LogP contribution in [0.4, 0.5) is 24.5 Å². The van der Waals surface area contributed by atoms with Gasteiger partial charge in [0, 0.05) is 37.3 Å². The Balaban J connectivity index is 0.000000179. The van der Waals surface area contributed by atoms with Gasteiger partial charge in [-0.05, 0) is 42.5 Å². The van der Waals surface area contributed by atoms with Crippen LogP contribution in [0.15, 0.2) is 101 Å². The molecule has 0 saturated heterocycles. The number of fused-ring (bicyclic) bond motifs is 2. The minimum absolute atomic E-state index is 0.154. The second kappa shape index (κ2) is 13.4. The van der Waals surface area contributed by atoms with Crippen LogP contribution in [0.3, 0.4) is 0 Å². The second-order valence-electron chi connectivity index (χ2n) is 9.80. The van der Waals surface area contributed by atoms with Crippen LogP contribution in [0.5, 0.6) is 0 Å². The summed E-state index contributed by atoms with van der Waals surface area (Å²) in [4.78, 5) is 33.0. The van der Waals surface area contributed by atoms with Gasteiger partial charge in [0.15, 0.2) is 0 Å². The van der Waals surface area contributed by atoms with Crippen LogP contribution in [0.25, 0.3) is 0 Å². The number of amides is 2. The summed E-state index contributed by atoms with van der Waals surface area (Å²) in [6, 6.07) is 25.5. The summed E-state index contributed by atoms with van der Waals surface area (Å²) in [7, 11) is 0. The molecule has 2 aliphatic rings. The van der Waals surface area contributed by atoms with Crippen LogP contribution < -0.4 is 10.2 Å². The van der Waals surface area contributed by atoms with E-state index in [-0.39, 0.29) is 12.2 Å². The number of rotatable bonds is 3. The lowest BCUT2D eigenvalue weighted by molar-refractivity contribution is -0.131. The monoisotopic (exact) mass is 672 g/mol. The van der Waals surface area contributed by atoms with Crippen molar-refractivity contribution in [1.29, 1.82) is 0 Å². The van der Waals surface area contributed by atoms with Crippen LogP contribution in [0.1, 0.15) is 22.3 Å². The Morgan fingerprint density at radius 3 is 2.16 bits per heavy atom. The number of benzene rings is 4. The predicted molar refractivity (Wildman–Crippen MR) is 170 cm³/mol. The molecule has 2 heterocycles. The first-order valence-corrected chi connectivity index (χ1v) is 14.4. The maximum atomic E-state index is 12.9. The van der Waals surface area contributed by atoms with Gasteiger partial charge in [-0.2, -0.15) is 13.2 Å². The quantitative estimate of drug-likeness (QED) is 0.241. The summed E-state index contributed by atoms with van der Waals surface area (Å²) in [5.41, 5.74) is 3.90. The van der Waals surface area contributed by atoms with Gasteiger partial charge in [-0.15, -0.1) is 0 Å². The number of aliphatic hydroxyl groups is 1. The van der Waals surface area contributed by atoms with E-state index in [4.69, 9.17) is 34.8 Å². The Morgan fingerprint density at radius 1 is 0.822 bits per heavy atom. The number of nitrogens with one attached hydrogen (secondary N) is 1. The zero-order valence-electron chi connectivity index (χ0n) is 23.0. The van der Waals surface area contributed by atoms with E-state index in [0.717, 1.165) is 0 Å². The first-order valence-electron chi connectivity index (χ1n) is 13.3. The molecule has 6 rings (SSSR count). The summed E-state index contributed by atoms with van der Waals surface area (Å²) in [5.74, 6) is -1.30. The number of nitrogens with zero attached hydrogens (tertiary/aromatic N) is 3. The first kappa shape index (κ1) is 32.2. The number of aliphatic imine (C=N–C) groups is 2. The van der Waals surface area contributed by atoms with Crippen molar-refractivity contribution in [3.8, 4) is 0 Å². The minimum Gasteiger partial charge on any atom is -0.364 e. The fourth-order valence-electron chi connectivity index (χ4n) is 4.72. The highest BCUT2D eigenvalue weighted by Gasteiger charge is 2.36. The van der Waals surface area contributed by atoms with Gasteiger partial charge in [-0.3, -0.25) is 14.6 Å². The Bertz CT molecular complexity index is 1830. The zero-order chi connectivity index (χ0) is 32.3. The van der Waals surface area contributed by atoms with Crippen LogP contribution in [0.2, 0.25) is 15.1 Å². The summed E-state index contributed by atoms with van der Waals surface area (Å²) in [6.07, 6.45) is -6.01. The van der Waals surface area contributed by atoms with Crippen LogP contribution in [-0.2, 0) is 9.59 Å². The van der Waals surface area contributed by atoms with Gasteiger partial charge in [-0.1, -0.05) is 83.3 Å². The van der Waals surface area contributed by atoms with E-state index in [9.17, 15) is 27.9 Å². The minimum atomic E-state index is -4.51. The summed E-state index contributed by atoms with van der Waals surface area (Å²) in [6.45, 7) is -1.72. The lowest BCUT2D eigenvalue weighted by Gasteiger charge is -2.24. The Morgan fingerprint density at radius 2 is 1.47 bits per heavy atom. The standard InChI is InChI=1S/C17H12ClF3N2O.C15H10Cl2N2O2/c18-12-6-7-14-13(8-12)16(11-4-2-1-3-5-11)22-9-15(24)23(14)10-17(19,20)21;16-8-5-6-12-10(7-8)13(19-15(21)14(20)18-12)9-3-1-2-4-11(9)17/h1-8H,9-10H2;1-7,15,21H,(H,18,20). The highest BCUT2D eigenvalue weighted by Crippen LogP contribution is 2.32. The smallest absolute Gasteiger partial charge is 0.364 e. The molecule has 1 atom stereocenters. The molecule has 13 heteroatoms. The normalized spacial score (nSPS) is 16.2. The SMILES string of the molecule is O=C1CN=C(c2ccccc2)c2cc(Cl)ccc2N1CC(F)(F)F.O=C1Nc2ccc(Cl)cc2C(c2ccccc2Cl)=NC1O. The molecule has 7 nitrogen and oxygen atoms in total. The van der Waals surface area contributed by atoms with Crippen molar-refractivity contribution in [2.75, 3.05) is 23.3 Å². The Kier molecular flexibility index (Phi) is 9.59. The number of carbonyl (C=O) groups is 2. The lowest BCUT2D eigenvalue weighted by atomic mass is 10.00. The molecule has 0 bridgehead atoms. The van der Waals surface area contributed by atoms with Crippen LogP contribution in [0, 0.1) is 0 Å². The number of carbonyl (C=O) groups excluding carboxylic acids is 2. The third-order valence-electron chi connectivity index (χ3n) is 6.67. The molecule has 0 spiro atoms. The fourth-order valence-corrected chi connectivity index (χ4v) is 5.29. The third kappa shape index (κ3) is 7.54. The van der Waals surface area contributed by atoms with Crippen molar-refractivity contribution in [1.82, 2.24) is 0 Å². The Hall–Kier alpha value is -4.22. The predicted octanol–water partition coefficient (Wildman–Crippen LogP) is 7.19. The van der Waals surface area contributed by atoms with Gasteiger partial charge < -0.3 is 15.3 Å². The van der Waals surface area contributed by atoms with Gasteiger partial charge in [0.1, 0.15) is 13.1 Å². The topological polar surface area (TPSA) is 94.4 Å². The number of benzodiazepines with no additional fused rings is 2. The summed E-state index contributed by atoms with van der Waals surface area (Å²) in [5, 5.41) is 13.8. The largest absolute Gasteiger partial charge is 0.406 e. The number of halogens is 6. The summed E-state index contributed by atoms with van der Waals surface area (Å²) < 4.78 is 38.6. The molecule has 0 aliphatic carbocycles. The van der Waals surface area contributed by atoms with Gasteiger partial charge >= 0.3 is 6.18 Å². The maximum absolute atomic E-state index is 12.9. The molecule has 4 aromatic rings. The molecule has 0 fully saturated rings. The van der Waals surface area contributed by atoms with Crippen molar-refractivity contribution in [3.63, 3.8) is 0 Å². The average molecular weight is 674 g/mol. The number of hydrogen-bond donors (Lipinski definition) is 2. The van der Waals surface area contributed by atoms with Crippen LogP contribution in [-0.4, -0.2) is 53.8 Å². The molecule has 4 aromatic carbocycles. The number of alkyl halides is 3. The highest BCUT2D eigenvalue weighted by atomic mass is 35.5. The van der Waals surface area contributed by atoms with Crippen molar-refractivity contribution in [2.45, 2.75) is 12.4 Å². The van der Waals surface area contributed by atoms with Crippen molar-refractivity contribution >= 4 is 69.4 Å². The van der Waals surface area contributed by atoms with E-state index in [2.05, 4.69) is 15.3 Å². The van der Waals surface area contributed by atoms with Crippen LogP contribution >= 0.6 is 34.8 Å². The molecule has 45 heavy (non-hydrogen) atoms. The number of aliphatic hydroxyl groups excluding tert-OH is 1. The number of hydrogen-bond acceptors (Lipinski definition) is 5. The van der Waals surface area contributed by atoms with Gasteiger partial charge in [-0.25, -0.2) is 4.99 Å². The third-order valence-corrected chi connectivity index (χ3v) is 7.47. The maximum Gasteiger partial charge on any atom is 0.406 e. The fraction of sp³-hybridized carbons (Fsp3) is 0.125. The van der Waals surface area contributed by atoms with Crippen molar-refractivity contribution in [2.24, 2.45) is 9.98 Å². The zero-order valence-corrected chi connectivity index (χ0v) is 25.3. The van der Waals surface area contributed by atoms with Gasteiger partial charge in [0.05, 0.1) is 22.8 Å². The second-order valence-corrected chi connectivity index (χ2v) is 11.1. The van der Waals surface area contributed by atoms with Gasteiger partial charge in [0.2, 0.25) is 12.1 Å². The molecule has 1 unspecified atom stereocenters. The molecule has 2 amide bonds. The van der Waals surface area contributed by atoms with E-state index in [1.165, 1.54) is 18.2 Å². The van der Waals surface area contributed by atoms with E-state index < -0.39 is 30.8 Å². The summed E-state index contributed by atoms with van der Waals surface area (Å²) >= 11 is 18.3. The van der Waals surface area contributed by atoms with Gasteiger partial charge in [0.25, 0.3) is 5.91 Å². The molecule has 2 N–H and O–H groups in total. The van der Waals surface area contributed by atoms with E-state index in [0.29, 0.717) is 59.3 Å². The number of anilines is 2. The molecule has 0 aromatic heterocycles.